The van der Waals surface area contributed by atoms with E-state index in [4.69, 9.17) is 11.6 Å². The van der Waals surface area contributed by atoms with Crippen molar-refractivity contribution in [3.63, 3.8) is 0 Å². The van der Waals surface area contributed by atoms with Crippen molar-refractivity contribution in [2.75, 3.05) is 18.4 Å². The van der Waals surface area contributed by atoms with E-state index >= 15 is 0 Å². The van der Waals surface area contributed by atoms with Gasteiger partial charge in [0.05, 0.1) is 16.0 Å². The summed E-state index contributed by atoms with van der Waals surface area (Å²) in [5.74, 6) is -0.660. The molecule has 0 unspecified atom stereocenters. The molecule has 2 heterocycles. The number of amides is 1. The minimum absolute atomic E-state index is 0.329. The third-order valence-corrected chi connectivity index (χ3v) is 6.28. The van der Waals surface area contributed by atoms with Crippen LogP contribution < -0.4 is 5.32 Å². The lowest BCUT2D eigenvalue weighted by Crippen LogP contribution is -2.31. The number of likely N-dealkylation sites (tertiary alicyclic amines) is 1. The zero-order valence-electron chi connectivity index (χ0n) is 17.7. The molecule has 3 aromatic rings. The Kier molecular flexibility index (Phi) is 6.26. The van der Waals surface area contributed by atoms with Crippen LogP contribution in [0.2, 0.25) is 5.02 Å². The average molecular weight is 450 g/mol. The molecule has 32 heavy (non-hydrogen) atoms. The first kappa shape index (κ1) is 22.0. The predicted octanol–water partition coefficient (Wildman–Crippen LogP) is 4.95. The van der Waals surface area contributed by atoms with Gasteiger partial charge in [-0.05, 0) is 43.1 Å². The van der Waals surface area contributed by atoms with Crippen molar-refractivity contribution in [3.8, 4) is 11.1 Å². The van der Waals surface area contributed by atoms with E-state index in [9.17, 15) is 14.7 Å². The molecule has 4 rings (SSSR count). The van der Waals surface area contributed by atoms with Gasteiger partial charge in [0, 0.05) is 24.8 Å². The summed E-state index contributed by atoms with van der Waals surface area (Å²) >= 11 is 6.54. The van der Waals surface area contributed by atoms with Gasteiger partial charge >= 0.3 is 5.97 Å². The fourth-order valence-corrected chi connectivity index (χ4v) is 4.27. The van der Waals surface area contributed by atoms with Crippen LogP contribution in [-0.2, 0) is 11.3 Å². The molecule has 0 spiro atoms. The number of carboxylic acid groups (broad SMARTS) is 1. The van der Waals surface area contributed by atoms with Crippen molar-refractivity contribution in [2.24, 2.45) is 5.41 Å². The molecule has 1 aliphatic rings. The van der Waals surface area contributed by atoms with E-state index in [0.717, 1.165) is 23.2 Å². The number of halogens is 1. The fourth-order valence-electron chi connectivity index (χ4n) is 3.95. The van der Waals surface area contributed by atoms with E-state index in [1.54, 1.807) is 31.3 Å². The monoisotopic (exact) mass is 449 g/mol. The fraction of sp³-hybridized carbons (Fsp3) is 0.240. The van der Waals surface area contributed by atoms with Crippen LogP contribution in [0.5, 0.6) is 0 Å². The van der Waals surface area contributed by atoms with Gasteiger partial charge in [-0.3, -0.25) is 14.5 Å². The average Bonchev–Trinajstić information content (AvgIpc) is 3.18. The Morgan fingerprint density at radius 1 is 1.12 bits per heavy atom. The standard InChI is InChI=1S/C25H24ClN3O3/c1-25(24(31)32)12-13-29(16-25)15-17-10-11-21(27-14-17)28-23(30)20-9-5-8-19(22(20)26)18-6-3-2-4-7-18/h2-11,14H,12-13,15-16H2,1H3,(H,31,32)(H,27,28,30)/t25-/m1/s1. The van der Waals surface area contributed by atoms with Crippen LogP contribution in [0.4, 0.5) is 5.82 Å². The minimum Gasteiger partial charge on any atom is -0.481 e. The quantitative estimate of drug-likeness (QED) is 0.556. The molecule has 1 atom stereocenters. The van der Waals surface area contributed by atoms with Crippen LogP contribution in [0, 0.1) is 5.41 Å². The Bertz CT molecular complexity index is 1130. The topological polar surface area (TPSA) is 82.5 Å². The number of nitrogens with zero attached hydrogens (tertiary/aromatic N) is 2. The largest absolute Gasteiger partial charge is 0.481 e. The molecule has 0 aliphatic carbocycles. The lowest BCUT2D eigenvalue weighted by molar-refractivity contribution is -0.147. The van der Waals surface area contributed by atoms with Crippen LogP contribution in [-0.4, -0.2) is 40.0 Å². The molecule has 6 nitrogen and oxygen atoms in total. The van der Waals surface area contributed by atoms with Crippen molar-refractivity contribution < 1.29 is 14.7 Å². The van der Waals surface area contributed by atoms with Gasteiger partial charge in [-0.1, -0.05) is 60.1 Å². The normalized spacial score (nSPS) is 18.4. The molecule has 1 aromatic heterocycles. The van der Waals surface area contributed by atoms with E-state index in [0.29, 0.717) is 35.9 Å². The summed E-state index contributed by atoms with van der Waals surface area (Å²) in [6.45, 7) is 3.65. The highest BCUT2D eigenvalue weighted by Crippen LogP contribution is 2.32. The molecule has 1 fully saturated rings. The van der Waals surface area contributed by atoms with Crippen LogP contribution in [0.1, 0.15) is 29.3 Å². The van der Waals surface area contributed by atoms with Gasteiger partial charge in [0.2, 0.25) is 0 Å². The molecule has 7 heteroatoms. The first-order chi connectivity index (χ1) is 15.4. The van der Waals surface area contributed by atoms with Gasteiger partial charge < -0.3 is 10.4 Å². The Morgan fingerprint density at radius 3 is 2.56 bits per heavy atom. The van der Waals surface area contributed by atoms with E-state index in [1.165, 1.54) is 0 Å². The molecule has 1 amide bonds. The Morgan fingerprint density at radius 2 is 1.91 bits per heavy atom. The molecule has 0 saturated carbocycles. The van der Waals surface area contributed by atoms with Crippen molar-refractivity contribution in [1.29, 1.82) is 0 Å². The number of carboxylic acids is 1. The number of aromatic nitrogens is 1. The van der Waals surface area contributed by atoms with Crippen LogP contribution in [0.25, 0.3) is 11.1 Å². The highest BCUT2D eigenvalue weighted by atomic mass is 35.5. The summed E-state index contributed by atoms with van der Waals surface area (Å²) in [5, 5.41) is 12.6. The van der Waals surface area contributed by atoms with Crippen molar-refractivity contribution in [2.45, 2.75) is 19.9 Å². The maximum Gasteiger partial charge on any atom is 0.310 e. The highest BCUT2D eigenvalue weighted by Gasteiger charge is 2.40. The zero-order valence-corrected chi connectivity index (χ0v) is 18.5. The van der Waals surface area contributed by atoms with Crippen LogP contribution in [0.15, 0.2) is 66.9 Å². The summed E-state index contributed by atoms with van der Waals surface area (Å²) in [5.41, 5.74) is 2.37. The number of pyridine rings is 1. The number of rotatable bonds is 6. The number of aliphatic carboxylic acids is 1. The lowest BCUT2D eigenvalue weighted by atomic mass is 9.90. The second kappa shape index (κ2) is 9.10. The molecule has 2 aromatic carbocycles. The highest BCUT2D eigenvalue weighted by molar-refractivity contribution is 6.37. The Labute approximate surface area is 191 Å². The summed E-state index contributed by atoms with van der Waals surface area (Å²) in [6.07, 6.45) is 2.33. The maximum atomic E-state index is 12.8. The minimum atomic E-state index is -0.758. The number of carbonyl (C=O) groups is 2. The Hall–Kier alpha value is -3.22. The number of anilines is 1. The molecule has 1 aliphatic heterocycles. The molecular weight excluding hydrogens is 426 g/mol. The number of hydrogen-bond donors (Lipinski definition) is 2. The lowest BCUT2D eigenvalue weighted by Gasteiger charge is -2.20. The summed E-state index contributed by atoms with van der Waals surface area (Å²) in [7, 11) is 0. The van der Waals surface area contributed by atoms with E-state index in [1.807, 2.05) is 42.5 Å². The van der Waals surface area contributed by atoms with Gasteiger partial charge in [-0.15, -0.1) is 0 Å². The number of benzene rings is 2. The summed E-state index contributed by atoms with van der Waals surface area (Å²) in [4.78, 5) is 30.7. The summed E-state index contributed by atoms with van der Waals surface area (Å²) in [6, 6.07) is 18.7. The second-order valence-electron chi connectivity index (χ2n) is 8.37. The number of hydrogen-bond acceptors (Lipinski definition) is 4. The molecule has 1 saturated heterocycles. The first-order valence-corrected chi connectivity index (χ1v) is 10.8. The first-order valence-electron chi connectivity index (χ1n) is 10.4. The van der Waals surface area contributed by atoms with E-state index < -0.39 is 11.4 Å². The van der Waals surface area contributed by atoms with Crippen LogP contribution in [0.3, 0.4) is 0 Å². The van der Waals surface area contributed by atoms with Gasteiger partial charge in [-0.25, -0.2) is 4.98 Å². The molecule has 2 N–H and O–H groups in total. The summed E-state index contributed by atoms with van der Waals surface area (Å²) < 4.78 is 0. The zero-order chi connectivity index (χ0) is 22.7. The number of nitrogens with one attached hydrogen (secondary N) is 1. The van der Waals surface area contributed by atoms with Gasteiger partial charge in [0.15, 0.2) is 0 Å². The van der Waals surface area contributed by atoms with Crippen molar-refractivity contribution >= 4 is 29.3 Å². The molecule has 164 valence electrons. The predicted molar refractivity (Wildman–Crippen MR) is 125 cm³/mol. The molecular formula is C25H24ClN3O3. The van der Waals surface area contributed by atoms with E-state index in [2.05, 4.69) is 15.2 Å². The van der Waals surface area contributed by atoms with Crippen molar-refractivity contribution in [3.05, 3.63) is 83.0 Å². The number of carbonyl (C=O) groups excluding carboxylic acids is 1. The van der Waals surface area contributed by atoms with Gasteiger partial charge in [0.25, 0.3) is 5.91 Å². The second-order valence-corrected chi connectivity index (χ2v) is 8.74. The maximum absolute atomic E-state index is 12.8. The third-order valence-electron chi connectivity index (χ3n) is 5.87. The molecule has 0 radical (unpaired) electrons. The SMILES string of the molecule is C[C@@]1(C(=O)O)CCN(Cc2ccc(NC(=O)c3cccc(-c4ccccc4)c3Cl)nc2)C1. The molecule has 0 bridgehead atoms. The van der Waals surface area contributed by atoms with Gasteiger partial charge in [0.1, 0.15) is 5.82 Å². The Balaban J connectivity index is 1.42. The van der Waals surface area contributed by atoms with Crippen molar-refractivity contribution in [1.82, 2.24) is 9.88 Å². The van der Waals surface area contributed by atoms with E-state index in [-0.39, 0.29) is 5.91 Å². The third kappa shape index (κ3) is 4.66. The van der Waals surface area contributed by atoms with Crippen LogP contribution >= 0.6 is 11.6 Å². The van der Waals surface area contributed by atoms with Gasteiger partial charge in [-0.2, -0.15) is 0 Å². The smallest absolute Gasteiger partial charge is 0.310 e.